The Hall–Kier alpha value is -3.85. The number of ether oxygens (including phenoxy) is 1. The number of pyridine rings is 1. The number of aliphatic hydroxyl groups excluding tert-OH is 1. The maximum Gasteiger partial charge on any atom is 0.321 e. The van der Waals surface area contributed by atoms with E-state index in [0.717, 1.165) is 24.8 Å². The first-order valence-electron chi connectivity index (χ1n) is 10.8. The van der Waals surface area contributed by atoms with Gasteiger partial charge < -0.3 is 20.5 Å². The molecule has 3 N–H and O–H groups in total. The number of hydrogen-bond acceptors (Lipinski definition) is 7. The van der Waals surface area contributed by atoms with Gasteiger partial charge >= 0.3 is 6.01 Å². The molecule has 1 aliphatic rings. The Labute approximate surface area is 191 Å². The molecule has 4 rings (SSSR count). The van der Waals surface area contributed by atoms with E-state index in [2.05, 4.69) is 25.6 Å². The summed E-state index contributed by atoms with van der Waals surface area (Å²) in [5.41, 5.74) is 2.00. The molecule has 0 unspecified atom stereocenters. The van der Waals surface area contributed by atoms with E-state index >= 15 is 0 Å². The monoisotopic (exact) mass is 447 g/mol. The lowest BCUT2D eigenvalue weighted by Gasteiger charge is -2.28. The van der Waals surface area contributed by atoms with Crippen molar-refractivity contribution in [1.29, 1.82) is 0 Å². The number of hydrogen-bond donors (Lipinski definition) is 3. The summed E-state index contributed by atoms with van der Waals surface area (Å²) in [6, 6.07) is 8.20. The number of aryl methyl sites for hydroxylation is 1. The van der Waals surface area contributed by atoms with Gasteiger partial charge in [-0.1, -0.05) is 18.9 Å². The molecule has 2 aromatic heterocycles. The SMILES string of the molecule is Cc1ccc(C(=O)N[C@H]2CCCC[C@@H]2O)cc1NC(=O)c1cncc(Oc2ncccn2)c1. The fraction of sp³-hybridized carbons (Fsp3) is 0.292. The van der Waals surface area contributed by atoms with Crippen molar-refractivity contribution in [1.82, 2.24) is 20.3 Å². The smallest absolute Gasteiger partial charge is 0.321 e. The van der Waals surface area contributed by atoms with Crippen LogP contribution in [0.2, 0.25) is 0 Å². The second-order valence-corrected chi connectivity index (χ2v) is 7.96. The van der Waals surface area contributed by atoms with Gasteiger partial charge in [0.05, 0.1) is 23.9 Å². The molecule has 0 saturated heterocycles. The van der Waals surface area contributed by atoms with E-state index in [4.69, 9.17) is 4.74 Å². The number of aliphatic hydroxyl groups is 1. The van der Waals surface area contributed by atoms with Gasteiger partial charge in [0.2, 0.25) is 0 Å². The van der Waals surface area contributed by atoms with E-state index in [1.807, 2.05) is 6.92 Å². The molecule has 0 radical (unpaired) electrons. The molecule has 9 heteroatoms. The van der Waals surface area contributed by atoms with Crippen LogP contribution in [0, 0.1) is 6.92 Å². The molecule has 1 saturated carbocycles. The van der Waals surface area contributed by atoms with Crippen molar-refractivity contribution in [3.05, 3.63) is 71.8 Å². The molecule has 0 spiro atoms. The predicted octanol–water partition coefficient (Wildman–Crippen LogP) is 3.26. The number of nitrogens with one attached hydrogen (secondary N) is 2. The molecule has 1 aromatic carbocycles. The van der Waals surface area contributed by atoms with Gasteiger partial charge in [0.25, 0.3) is 11.8 Å². The fourth-order valence-corrected chi connectivity index (χ4v) is 3.67. The van der Waals surface area contributed by atoms with Crippen LogP contribution in [-0.4, -0.2) is 44.0 Å². The Kier molecular flexibility index (Phi) is 6.89. The Morgan fingerprint density at radius 2 is 1.82 bits per heavy atom. The normalized spacial score (nSPS) is 17.8. The number of nitrogens with zero attached hydrogens (tertiary/aromatic N) is 3. The second kappa shape index (κ2) is 10.2. The number of benzene rings is 1. The van der Waals surface area contributed by atoms with Crippen LogP contribution in [0.4, 0.5) is 5.69 Å². The predicted molar refractivity (Wildman–Crippen MR) is 121 cm³/mol. The van der Waals surface area contributed by atoms with Crippen molar-refractivity contribution >= 4 is 17.5 Å². The topological polar surface area (TPSA) is 126 Å². The van der Waals surface area contributed by atoms with Crippen molar-refractivity contribution in [2.45, 2.75) is 44.8 Å². The molecular formula is C24H25N5O4. The molecular weight excluding hydrogens is 422 g/mol. The number of amides is 2. The number of carbonyl (C=O) groups is 2. The molecule has 0 bridgehead atoms. The van der Waals surface area contributed by atoms with Crippen molar-refractivity contribution in [3.63, 3.8) is 0 Å². The third kappa shape index (κ3) is 5.69. The minimum absolute atomic E-state index is 0.148. The minimum atomic E-state index is -0.532. The Bertz CT molecular complexity index is 1140. The van der Waals surface area contributed by atoms with Crippen LogP contribution < -0.4 is 15.4 Å². The van der Waals surface area contributed by atoms with Crippen LogP contribution in [-0.2, 0) is 0 Å². The summed E-state index contributed by atoms with van der Waals surface area (Å²) in [5, 5.41) is 15.9. The quantitative estimate of drug-likeness (QED) is 0.529. The first kappa shape index (κ1) is 22.3. The van der Waals surface area contributed by atoms with E-state index in [1.54, 1.807) is 36.7 Å². The Balaban J connectivity index is 1.45. The lowest BCUT2D eigenvalue weighted by atomic mass is 9.92. The first-order valence-corrected chi connectivity index (χ1v) is 10.8. The number of carbonyl (C=O) groups excluding carboxylic acids is 2. The fourth-order valence-electron chi connectivity index (χ4n) is 3.67. The zero-order valence-corrected chi connectivity index (χ0v) is 18.2. The summed E-state index contributed by atoms with van der Waals surface area (Å²) < 4.78 is 5.54. The van der Waals surface area contributed by atoms with Crippen LogP contribution in [0.25, 0.3) is 0 Å². The summed E-state index contributed by atoms with van der Waals surface area (Å²) in [4.78, 5) is 37.6. The number of anilines is 1. The van der Waals surface area contributed by atoms with Gasteiger partial charge in [-0.05, 0) is 49.6 Å². The number of rotatable bonds is 6. The first-order chi connectivity index (χ1) is 16.0. The highest BCUT2D eigenvalue weighted by Gasteiger charge is 2.25. The van der Waals surface area contributed by atoms with Crippen molar-refractivity contribution < 1.29 is 19.4 Å². The van der Waals surface area contributed by atoms with Crippen molar-refractivity contribution in [2.24, 2.45) is 0 Å². The molecule has 3 aromatic rings. The van der Waals surface area contributed by atoms with Crippen LogP contribution in [0.3, 0.4) is 0 Å². The van der Waals surface area contributed by atoms with Gasteiger partial charge in [0, 0.05) is 29.8 Å². The van der Waals surface area contributed by atoms with Crippen LogP contribution >= 0.6 is 0 Å². The zero-order chi connectivity index (χ0) is 23.2. The van der Waals surface area contributed by atoms with Crippen molar-refractivity contribution in [3.8, 4) is 11.8 Å². The highest BCUT2D eigenvalue weighted by molar-refractivity contribution is 6.05. The summed E-state index contributed by atoms with van der Waals surface area (Å²) in [5.74, 6) is -0.355. The van der Waals surface area contributed by atoms with Crippen LogP contribution in [0.15, 0.2) is 55.1 Å². The molecule has 2 heterocycles. The third-order valence-electron chi connectivity index (χ3n) is 5.52. The van der Waals surface area contributed by atoms with Gasteiger partial charge in [0.15, 0.2) is 0 Å². The maximum absolute atomic E-state index is 12.8. The van der Waals surface area contributed by atoms with Gasteiger partial charge in [0.1, 0.15) is 5.75 Å². The molecule has 2 amide bonds. The Morgan fingerprint density at radius 1 is 1.03 bits per heavy atom. The lowest BCUT2D eigenvalue weighted by molar-refractivity contribution is 0.0717. The van der Waals surface area contributed by atoms with Crippen molar-refractivity contribution in [2.75, 3.05) is 5.32 Å². The van der Waals surface area contributed by atoms with E-state index in [9.17, 15) is 14.7 Å². The molecule has 9 nitrogen and oxygen atoms in total. The zero-order valence-electron chi connectivity index (χ0n) is 18.2. The standard InChI is InChI=1S/C24H25N5O4/c1-15-7-8-16(22(31)28-19-5-2-3-6-21(19)30)12-20(15)29-23(32)17-11-18(14-25-13-17)33-24-26-9-4-10-27-24/h4,7-14,19,21,30H,2-3,5-6H2,1H3,(H,28,31)(H,29,32)/t19-,21-/m0/s1. The average Bonchev–Trinajstić information content (AvgIpc) is 2.82. The van der Waals surface area contributed by atoms with Crippen LogP contribution in [0.5, 0.6) is 11.8 Å². The van der Waals surface area contributed by atoms with E-state index in [0.29, 0.717) is 23.4 Å². The highest BCUT2D eigenvalue weighted by atomic mass is 16.5. The Morgan fingerprint density at radius 3 is 2.61 bits per heavy atom. The van der Waals surface area contributed by atoms with Gasteiger partial charge in [-0.3, -0.25) is 14.6 Å². The highest BCUT2D eigenvalue weighted by Crippen LogP contribution is 2.22. The molecule has 1 aliphatic carbocycles. The maximum atomic E-state index is 12.8. The average molecular weight is 447 g/mol. The molecule has 2 atom stereocenters. The molecule has 170 valence electrons. The summed E-state index contributed by atoms with van der Waals surface area (Å²) in [6.07, 6.45) is 8.83. The molecule has 1 fully saturated rings. The lowest BCUT2D eigenvalue weighted by Crippen LogP contribution is -2.45. The van der Waals surface area contributed by atoms with E-state index in [1.165, 1.54) is 18.5 Å². The summed E-state index contributed by atoms with van der Waals surface area (Å²) >= 11 is 0. The molecule has 0 aliphatic heterocycles. The van der Waals surface area contributed by atoms with Crippen LogP contribution in [0.1, 0.15) is 52.0 Å². The minimum Gasteiger partial charge on any atom is -0.423 e. The molecule has 33 heavy (non-hydrogen) atoms. The van der Waals surface area contributed by atoms with E-state index < -0.39 is 12.0 Å². The third-order valence-corrected chi connectivity index (χ3v) is 5.52. The van der Waals surface area contributed by atoms with E-state index in [-0.39, 0.29) is 23.5 Å². The van der Waals surface area contributed by atoms with Gasteiger partial charge in [-0.25, -0.2) is 9.97 Å². The summed E-state index contributed by atoms with van der Waals surface area (Å²) in [6.45, 7) is 1.84. The van der Waals surface area contributed by atoms with Gasteiger partial charge in [-0.15, -0.1) is 0 Å². The van der Waals surface area contributed by atoms with Gasteiger partial charge in [-0.2, -0.15) is 0 Å². The second-order valence-electron chi connectivity index (χ2n) is 7.96. The largest absolute Gasteiger partial charge is 0.423 e. The summed E-state index contributed by atoms with van der Waals surface area (Å²) in [7, 11) is 0. The number of aromatic nitrogens is 3.